The Morgan fingerprint density at radius 2 is 2.40 bits per heavy atom. The fraction of sp³-hybridized carbons (Fsp3) is 0.273. The summed E-state index contributed by atoms with van der Waals surface area (Å²) < 4.78 is 0. The summed E-state index contributed by atoms with van der Waals surface area (Å²) in [5.74, 6) is 0. The average molecular weight is 203 g/mol. The number of amides is 2. The van der Waals surface area contributed by atoms with E-state index in [0.717, 1.165) is 17.7 Å². The number of nitriles is 1. The van der Waals surface area contributed by atoms with E-state index in [2.05, 4.69) is 11.4 Å². The third kappa shape index (κ3) is 1.77. The molecule has 1 N–H and O–H groups in total. The molecule has 1 aromatic carbocycles. The summed E-state index contributed by atoms with van der Waals surface area (Å²) in [6.45, 7) is 0.674. The molecule has 1 aromatic rings. The topological polar surface area (TPSA) is 56.1 Å². The first-order valence-electron chi connectivity index (χ1n) is 4.76. The largest absolute Gasteiger partial charge is 0.327 e. The molecule has 15 heavy (non-hydrogen) atoms. The van der Waals surface area contributed by atoms with Crippen LogP contribution in [0, 0.1) is 11.3 Å². The van der Waals surface area contributed by atoms with E-state index in [-0.39, 0.29) is 7.46 Å². The number of urea groups is 1. The van der Waals surface area contributed by atoms with Crippen LogP contribution >= 0.6 is 0 Å². The summed E-state index contributed by atoms with van der Waals surface area (Å²) >= 11 is 0. The molecule has 78 valence electrons. The predicted octanol–water partition coefficient (Wildman–Crippen LogP) is 1.82. The fourth-order valence-electron chi connectivity index (χ4n) is 1.59. The Kier molecular flexibility index (Phi) is 2.30. The van der Waals surface area contributed by atoms with Crippen LogP contribution in [0.5, 0.6) is 0 Å². The molecule has 1 aliphatic rings. The summed E-state index contributed by atoms with van der Waals surface area (Å²) in [5.41, 5.74) is 2.46. The molecule has 0 bridgehead atoms. The quantitative estimate of drug-likeness (QED) is 0.699. The number of fused-ring (bicyclic) bond motifs is 1. The fourth-order valence-corrected chi connectivity index (χ4v) is 1.59. The molecule has 4 heteroatoms. The summed E-state index contributed by atoms with van der Waals surface area (Å²) in [5, 5.41) is 11.6. The van der Waals surface area contributed by atoms with Gasteiger partial charge in [0.15, 0.2) is 0 Å². The van der Waals surface area contributed by atoms with Crippen LogP contribution in [0.15, 0.2) is 18.2 Å². The first kappa shape index (κ1) is 9.53. The first-order valence-corrected chi connectivity index (χ1v) is 4.76. The molecule has 0 radical (unpaired) electrons. The highest BCUT2D eigenvalue weighted by molar-refractivity contribution is 5.90. The number of benzene rings is 1. The van der Waals surface area contributed by atoms with Crippen molar-refractivity contribution in [2.24, 2.45) is 0 Å². The molecular weight excluding hydrogens is 190 g/mol. The number of carbonyl (C=O) groups excluding carboxylic acids is 1. The lowest BCUT2D eigenvalue weighted by molar-refractivity contribution is 0.224. The van der Waals surface area contributed by atoms with Gasteiger partial charge in [-0.15, -0.1) is 0 Å². The Labute approximate surface area is 89.6 Å². The second-order valence-corrected chi connectivity index (χ2v) is 3.59. The van der Waals surface area contributed by atoms with Gasteiger partial charge < -0.3 is 10.2 Å². The SMILES string of the molecule is CN1CCc2cc(C#N)ccc2NC1=O.[HH]. The molecule has 0 saturated heterocycles. The Bertz CT molecular complexity index is 453. The lowest BCUT2D eigenvalue weighted by Crippen LogP contribution is -2.30. The Hall–Kier alpha value is -2.02. The van der Waals surface area contributed by atoms with Gasteiger partial charge in [-0.3, -0.25) is 0 Å². The number of anilines is 1. The van der Waals surface area contributed by atoms with E-state index in [4.69, 9.17) is 5.26 Å². The summed E-state index contributed by atoms with van der Waals surface area (Å²) in [6.07, 6.45) is 0.778. The van der Waals surface area contributed by atoms with Crippen LogP contribution in [-0.2, 0) is 6.42 Å². The number of rotatable bonds is 0. The van der Waals surface area contributed by atoms with E-state index in [1.165, 1.54) is 0 Å². The standard InChI is InChI=1S/C11H11N3O.H2/c1-14-5-4-9-6-8(7-12)2-3-10(9)13-11(14)15;/h2-3,6H,4-5H2,1H3,(H,13,15);1H. The van der Waals surface area contributed by atoms with Crippen LogP contribution in [0.4, 0.5) is 10.5 Å². The van der Waals surface area contributed by atoms with Gasteiger partial charge in [-0.2, -0.15) is 5.26 Å². The van der Waals surface area contributed by atoms with Crippen molar-refractivity contribution < 1.29 is 6.22 Å². The monoisotopic (exact) mass is 203 g/mol. The highest BCUT2D eigenvalue weighted by Crippen LogP contribution is 2.21. The molecule has 0 spiro atoms. The maximum atomic E-state index is 11.5. The predicted molar refractivity (Wildman–Crippen MR) is 58.6 cm³/mol. The van der Waals surface area contributed by atoms with E-state index in [1.54, 1.807) is 24.1 Å². The molecule has 0 unspecified atom stereocenters. The number of hydrogen-bond donors (Lipinski definition) is 1. The number of carbonyl (C=O) groups is 1. The second kappa shape index (κ2) is 3.62. The second-order valence-electron chi connectivity index (χ2n) is 3.59. The number of hydrogen-bond acceptors (Lipinski definition) is 2. The van der Waals surface area contributed by atoms with Gasteiger partial charge in [0.2, 0.25) is 0 Å². The molecule has 0 fully saturated rings. The third-order valence-corrected chi connectivity index (χ3v) is 2.54. The smallest absolute Gasteiger partial charge is 0.321 e. The van der Waals surface area contributed by atoms with Gasteiger partial charge in [-0.25, -0.2) is 4.79 Å². The van der Waals surface area contributed by atoms with Gasteiger partial charge in [0.25, 0.3) is 0 Å². The van der Waals surface area contributed by atoms with Gasteiger partial charge in [-0.1, -0.05) is 0 Å². The van der Waals surface area contributed by atoms with E-state index in [1.807, 2.05) is 6.07 Å². The highest BCUT2D eigenvalue weighted by Gasteiger charge is 2.16. The zero-order valence-corrected chi connectivity index (χ0v) is 8.45. The average Bonchev–Trinajstić information content (AvgIpc) is 2.39. The lowest BCUT2D eigenvalue weighted by Gasteiger charge is -2.12. The molecular formula is C11H13N3O. The molecule has 0 aromatic heterocycles. The van der Waals surface area contributed by atoms with Crippen molar-refractivity contribution in [1.82, 2.24) is 4.90 Å². The minimum atomic E-state index is -0.0987. The molecule has 2 rings (SSSR count). The molecule has 2 amide bonds. The number of nitrogens with one attached hydrogen (secondary N) is 1. The normalized spacial score (nSPS) is 14.9. The van der Waals surface area contributed by atoms with Crippen molar-refractivity contribution in [2.75, 3.05) is 18.9 Å². The summed E-state index contributed by atoms with van der Waals surface area (Å²) in [4.78, 5) is 13.1. The van der Waals surface area contributed by atoms with Crippen molar-refractivity contribution in [3.63, 3.8) is 0 Å². The maximum Gasteiger partial charge on any atom is 0.321 e. The van der Waals surface area contributed by atoms with Crippen LogP contribution < -0.4 is 5.32 Å². The van der Waals surface area contributed by atoms with Crippen molar-refractivity contribution in [3.8, 4) is 6.07 Å². The van der Waals surface area contributed by atoms with Crippen molar-refractivity contribution in [3.05, 3.63) is 29.3 Å². The zero-order chi connectivity index (χ0) is 10.8. The van der Waals surface area contributed by atoms with Gasteiger partial charge >= 0.3 is 6.03 Å². The zero-order valence-electron chi connectivity index (χ0n) is 8.45. The molecule has 4 nitrogen and oxygen atoms in total. The molecule has 0 aliphatic carbocycles. The molecule has 1 aliphatic heterocycles. The van der Waals surface area contributed by atoms with Crippen molar-refractivity contribution in [2.45, 2.75) is 6.42 Å². The van der Waals surface area contributed by atoms with Gasteiger partial charge in [0, 0.05) is 20.7 Å². The van der Waals surface area contributed by atoms with Crippen molar-refractivity contribution in [1.29, 1.82) is 5.26 Å². The first-order chi connectivity index (χ1) is 7.20. The van der Waals surface area contributed by atoms with E-state index >= 15 is 0 Å². The van der Waals surface area contributed by atoms with Crippen LogP contribution in [0.2, 0.25) is 0 Å². The Morgan fingerprint density at radius 1 is 1.60 bits per heavy atom. The number of likely N-dealkylation sites (N-methyl/N-ethyl adjacent to an activating group) is 1. The van der Waals surface area contributed by atoms with Gasteiger partial charge in [0.05, 0.1) is 11.6 Å². The van der Waals surface area contributed by atoms with Gasteiger partial charge in [0.1, 0.15) is 0 Å². The van der Waals surface area contributed by atoms with E-state index in [9.17, 15) is 4.79 Å². The van der Waals surface area contributed by atoms with Crippen LogP contribution in [-0.4, -0.2) is 24.5 Å². The van der Waals surface area contributed by atoms with Crippen LogP contribution in [0.1, 0.15) is 12.6 Å². The van der Waals surface area contributed by atoms with Gasteiger partial charge in [-0.05, 0) is 30.2 Å². The molecule has 0 atom stereocenters. The van der Waals surface area contributed by atoms with Crippen LogP contribution in [0.25, 0.3) is 0 Å². The van der Waals surface area contributed by atoms with Crippen LogP contribution in [0.3, 0.4) is 0 Å². The van der Waals surface area contributed by atoms with Crippen molar-refractivity contribution >= 4 is 11.7 Å². The Morgan fingerprint density at radius 3 is 3.13 bits per heavy atom. The lowest BCUT2D eigenvalue weighted by atomic mass is 10.1. The highest BCUT2D eigenvalue weighted by atomic mass is 16.2. The molecule has 0 saturated carbocycles. The number of nitrogens with zero attached hydrogens (tertiary/aromatic N) is 2. The minimum Gasteiger partial charge on any atom is -0.327 e. The molecule has 1 heterocycles. The maximum absolute atomic E-state index is 11.5. The Balaban J connectivity index is 0.00000128. The van der Waals surface area contributed by atoms with E-state index in [0.29, 0.717) is 12.1 Å². The van der Waals surface area contributed by atoms with E-state index < -0.39 is 0 Å². The minimum absolute atomic E-state index is 0. The summed E-state index contributed by atoms with van der Waals surface area (Å²) in [6, 6.07) is 7.32. The third-order valence-electron chi connectivity index (χ3n) is 2.54. The summed E-state index contributed by atoms with van der Waals surface area (Å²) in [7, 11) is 1.76.